The zero-order chi connectivity index (χ0) is 33.9. The Morgan fingerprint density at radius 1 is 1.00 bits per heavy atom. The molecule has 250 valence electrons. The van der Waals surface area contributed by atoms with Crippen molar-refractivity contribution in [2.75, 3.05) is 32.1 Å². The SMILES string of the molecule is CC(=O)CCC(=O)OC(C)[C@@H](CO)OCn1ccc(NC(=O)CCCN(C)C(=O)OCC2c3ccccc3-c3ccccc32)nc1=O. The Labute approximate surface area is 272 Å². The normalized spacial score (nSPS) is 13.2. The molecule has 0 bridgehead atoms. The molecular formula is C34H40N4O9. The molecule has 1 aromatic heterocycles. The molecule has 2 amide bonds. The number of aromatic nitrogens is 2. The Bertz CT molecular complexity index is 1590. The van der Waals surface area contributed by atoms with Crippen LogP contribution in [0.4, 0.5) is 10.6 Å². The molecule has 47 heavy (non-hydrogen) atoms. The first-order valence-corrected chi connectivity index (χ1v) is 15.4. The maximum absolute atomic E-state index is 12.7. The van der Waals surface area contributed by atoms with E-state index in [0.29, 0.717) is 6.42 Å². The van der Waals surface area contributed by atoms with Crippen molar-refractivity contribution in [2.45, 2.75) is 64.4 Å². The first kappa shape index (κ1) is 35.0. The number of amides is 2. The second-order valence-electron chi connectivity index (χ2n) is 11.4. The van der Waals surface area contributed by atoms with Gasteiger partial charge in [0, 0.05) is 38.5 Å². The summed E-state index contributed by atoms with van der Waals surface area (Å²) in [7, 11) is 1.61. The summed E-state index contributed by atoms with van der Waals surface area (Å²) in [5, 5.41) is 12.2. The second-order valence-corrected chi connectivity index (χ2v) is 11.4. The van der Waals surface area contributed by atoms with Crippen LogP contribution >= 0.6 is 0 Å². The molecule has 2 N–H and O–H groups in total. The Morgan fingerprint density at radius 3 is 2.28 bits per heavy atom. The van der Waals surface area contributed by atoms with Gasteiger partial charge in [-0.25, -0.2) is 9.59 Å². The largest absolute Gasteiger partial charge is 0.460 e. The number of aliphatic hydroxyl groups excluding tert-OH is 1. The number of carbonyl (C=O) groups excluding carboxylic acids is 4. The van der Waals surface area contributed by atoms with Crippen LogP contribution in [-0.4, -0.2) is 82.3 Å². The van der Waals surface area contributed by atoms with E-state index in [9.17, 15) is 29.1 Å². The standard InChI is InChI=1S/C34H40N4O9/c1-22(40)14-15-32(42)47-23(2)29(19-39)46-21-38-18-16-30(36-33(38)43)35-31(41)13-8-17-37(3)34(44)45-20-28-26-11-6-4-9-24(26)25-10-5-7-12-27(25)28/h4-7,9-12,16,18,23,28-29,39H,8,13-15,17,19-21H2,1-3H3,(H,35,36,41,43)/t23?,29-/m1/s1. The highest BCUT2D eigenvalue weighted by Crippen LogP contribution is 2.44. The zero-order valence-corrected chi connectivity index (χ0v) is 26.7. The number of anilines is 1. The molecule has 1 aliphatic rings. The summed E-state index contributed by atoms with van der Waals surface area (Å²) in [6.07, 6.45) is -0.452. The topological polar surface area (TPSA) is 166 Å². The van der Waals surface area contributed by atoms with Crippen LogP contribution in [0.2, 0.25) is 0 Å². The number of hydrogen-bond acceptors (Lipinski definition) is 10. The number of benzene rings is 2. The van der Waals surface area contributed by atoms with E-state index in [2.05, 4.69) is 34.6 Å². The summed E-state index contributed by atoms with van der Waals surface area (Å²) in [5.41, 5.74) is 3.83. The molecule has 0 fully saturated rings. The van der Waals surface area contributed by atoms with Gasteiger partial charge in [0.1, 0.15) is 37.1 Å². The first-order chi connectivity index (χ1) is 22.6. The predicted molar refractivity (Wildman–Crippen MR) is 171 cm³/mol. The Kier molecular flexibility index (Phi) is 12.4. The highest BCUT2D eigenvalue weighted by molar-refractivity contribution is 5.89. The van der Waals surface area contributed by atoms with Crippen molar-refractivity contribution in [1.82, 2.24) is 14.5 Å². The van der Waals surface area contributed by atoms with Crippen LogP contribution in [0, 0.1) is 0 Å². The van der Waals surface area contributed by atoms with Gasteiger partial charge in [0.05, 0.1) is 13.0 Å². The van der Waals surface area contributed by atoms with Crippen LogP contribution in [0.1, 0.15) is 56.6 Å². The van der Waals surface area contributed by atoms with Crippen LogP contribution in [0.3, 0.4) is 0 Å². The Balaban J connectivity index is 1.18. The molecule has 13 heteroatoms. The fourth-order valence-electron chi connectivity index (χ4n) is 5.21. The summed E-state index contributed by atoms with van der Waals surface area (Å²) in [6.45, 7) is 2.62. The number of fused-ring (bicyclic) bond motifs is 3. The molecule has 2 atom stereocenters. The van der Waals surface area contributed by atoms with E-state index >= 15 is 0 Å². The molecule has 13 nitrogen and oxygen atoms in total. The number of carbonyl (C=O) groups is 4. The molecule has 0 aliphatic heterocycles. The summed E-state index contributed by atoms with van der Waals surface area (Å²) in [5.74, 6) is -1.12. The second kappa shape index (κ2) is 16.6. The fraction of sp³-hybridized carbons (Fsp3) is 0.412. The molecule has 1 heterocycles. The van der Waals surface area contributed by atoms with Crippen molar-refractivity contribution in [3.05, 3.63) is 82.4 Å². The minimum atomic E-state index is -0.922. The lowest BCUT2D eigenvalue weighted by molar-refractivity contribution is -0.161. The van der Waals surface area contributed by atoms with Gasteiger partial charge >= 0.3 is 17.8 Å². The maximum atomic E-state index is 12.7. The van der Waals surface area contributed by atoms with Crippen molar-refractivity contribution >= 4 is 29.6 Å². The van der Waals surface area contributed by atoms with Crippen LogP contribution in [0.15, 0.2) is 65.6 Å². The smallest absolute Gasteiger partial charge is 0.409 e. The highest BCUT2D eigenvalue weighted by atomic mass is 16.6. The van der Waals surface area contributed by atoms with Gasteiger partial charge < -0.3 is 34.3 Å². The zero-order valence-electron chi connectivity index (χ0n) is 26.7. The van der Waals surface area contributed by atoms with Crippen molar-refractivity contribution in [3.63, 3.8) is 0 Å². The predicted octanol–water partition coefficient (Wildman–Crippen LogP) is 3.48. The molecular weight excluding hydrogens is 608 g/mol. The van der Waals surface area contributed by atoms with Crippen LogP contribution in [0.25, 0.3) is 11.1 Å². The van der Waals surface area contributed by atoms with Gasteiger partial charge in [-0.2, -0.15) is 4.98 Å². The molecule has 1 unspecified atom stereocenters. The van der Waals surface area contributed by atoms with Crippen molar-refractivity contribution in [3.8, 4) is 11.1 Å². The van der Waals surface area contributed by atoms with Gasteiger partial charge in [-0.3, -0.25) is 14.2 Å². The number of hydrogen-bond donors (Lipinski definition) is 2. The Morgan fingerprint density at radius 2 is 1.66 bits per heavy atom. The van der Waals surface area contributed by atoms with Crippen LogP contribution < -0.4 is 11.0 Å². The van der Waals surface area contributed by atoms with Gasteiger partial charge in [0.2, 0.25) is 5.91 Å². The highest BCUT2D eigenvalue weighted by Gasteiger charge is 2.29. The van der Waals surface area contributed by atoms with Gasteiger partial charge in [-0.05, 0) is 48.6 Å². The van der Waals surface area contributed by atoms with E-state index in [-0.39, 0.29) is 62.6 Å². The number of nitrogens with one attached hydrogen (secondary N) is 1. The lowest BCUT2D eigenvalue weighted by Gasteiger charge is -2.23. The molecule has 3 aromatic rings. The average molecular weight is 649 g/mol. The lowest BCUT2D eigenvalue weighted by atomic mass is 9.98. The minimum absolute atomic E-state index is 0.0474. The summed E-state index contributed by atoms with van der Waals surface area (Å²) >= 11 is 0. The van der Waals surface area contributed by atoms with E-state index in [0.717, 1.165) is 26.8 Å². The third-order valence-corrected chi connectivity index (χ3v) is 7.82. The number of rotatable bonds is 16. The average Bonchev–Trinajstić information content (AvgIpc) is 3.37. The molecule has 0 spiro atoms. The van der Waals surface area contributed by atoms with Gasteiger partial charge in [-0.15, -0.1) is 0 Å². The lowest BCUT2D eigenvalue weighted by Crippen LogP contribution is -2.36. The summed E-state index contributed by atoms with van der Waals surface area (Å²) < 4.78 is 17.5. The van der Waals surface area contributed by atoms with Crippen LogP contribution in [-0.2, 0) is 35.3 Å². The third kappa shape index (κ3) is 9.56. The summed E-state index contributed by atoms with van der Waals surface area (Å²) in [6, 6.07) is 17.6. The number of aliphatic hydroxyl groups is 1. The summed E-state index contributed by atoms with van der Waals surface area (Å²) in [4.78, 5) is 65.9. The quantitative estimate of drug-likeness (QED) is 0.220. The van der Waals surface area contributed by atoms with E-state index in [4.69, 9.17) is 14.2 Å². The molecule has 2 aromatic carbocycles. The molecule has 4 rings (SSSR count). The molecule has 0 saturated heterocycles. The van der Waals surface area contributed by atoms with E-state index in [1.165, 1.54) is 31.0 Å². The van der Waals surface area contributed by atoms with E-state index in [1.807, 2.05) is 24.3 Å². The van der Waals surface area contributed by atoms with Crippen molar-refractivity contribution < 1.29 is 38.5 Å². The molecule has 0 radical (unpaired) electrons. The monoisotopic (exact) mass is 648 g/mol. The molecule has 1 aliphatic carbocycles. The van der Waals surface area contributed by atoms with Crippen molar-refractivity contribution in [1.29, 1.82) is 0 Å². The van der Waals surface area contributed by atoms with E-state index in [1.54, 1.807) is 7.05 Å². The number of esters is 1. The fourth-order valence-corrected chi connectivity index (χ4v) is 5.21. The maximum Gasteiger partial charge on any atom is 0.409 e. The number of ether oxygens (including phenoxy) is 3. The van der Waals surface area contributed by atoms with Crippen LogP contribution in [0.5, 0.6) is 0 Å². The number of nitrogens with zero attached hydrogens (tertiary/aromatic N) is 3. The van der Waals surface area contributed by atoms with E-state index < -0.39 is 36.6 Å². The number of Topliss-reactive ketones (excluding diaryl/α,β-unsaturated/α-hetero) is 1. The minimum Gasteiger partial charge on any atom is -0.460 e. The van der Waals surface area contributed by atoms with Gasteiger partial charge in [0.25, 0.3) is 0 Å². The third-order valence-electron chi connectivity index (χ3n) is 7.82. The first-order valence-electron chi connectivity index (χ1n) is 15.4. The Hall–Kier alpha value is -4.88. The molecule has 0 saturated carbocycles. The van der Waals surface area contributed by atoms with Gasteiger partial charge in [-0.1, -0.05) is 48.5 Å². The van der Waals surface area contributed by atoms with Crippen molar-refractivity contribution in [2.24, 2.45) is 0 Å². The number of ketones is 1. The van der Waals surface area contributed by atoms with Gasteiger partial charge in [0.15, 0.2) is 0 Å².